The molecule has 1 N–H and O–H groups in total. The molecular formula is C27H27NO5S. The van der Waals surface area contributed by atoms with Gasteiger partial charge in [-0.05, 0) is 60.4 Å². The first-order valence-electron chi connectivity index (χ1n) is 11.0. The summed E-state index contributed by atoms with van der Waals surface area (Å²) in [7, 11) is -2.92. The van der Waals surface area contributed by atoms with E-state index < -0.39 is 23.5 Å². The van der Waals surface area contributed by atoms with Crippen LogP contribution in [-0.4, -0.2) is 26.1 Å². The predicted molar refractivity (Wildman–Crippen MR) is 134 cm³/mol. The molecule has 0 fully saturated rings. The van der Waals surface area contributed by atoms with Crippen LogP contribution < -0.4 is 9.04 Å². The van der Waals surface area contributed by atoms with Crippen molar-refractivity contribution in [2.75, 3.05) is 10.9 Å². The van der Waals surface area contributed by atoms with E-state index in [0.29, 0.717) is 5.69 Å². The molecule has 0 saturated carbocycles. The Labute approximate surface area is 201 Å². The van der Waals surface area contributed by atoms with Crippen LogP contribution in [0.5, 0.6) is 5.75 Å². The van der Waals surface area contributed by atoms with Crippen LogP contribution in [0.1, 0.15) is 42.0 Å². The lowest BCUT2D eigenvalue weighted by Gasteiger charge is -2.18. The number of hydrogen-bond donors (Lipinski definition) is 2. The Bertz CT molecular complexity index is 1230. The molecule has 0 amide bonds. The molecule has 0 bridgehead atoms. The SMILES string of the molecule is CCCCc1ccc(C#Cc2ccc(CN(c3cccc(OCC(=O)O)c3)[SH](=O)=O)cc2)cc1. The van der Waals surface area contributed by atoms with Crippen LogP contribution >= 0.6 is 0 Å². The van der Waals surface area contributed by atoms with Gasteiger partial charge in [0.2, 0.25) is 10.9 Å². The number of thiol groups is 1. The van der Waals surface area contributed by atoms with Gasteiger partial charge in [0.05, 0.1) is 12.2 Å². The van der Waals surface area contributed by atoms with E-state index in [1.807, 2.05) is 36.4 Å². The van der Waals surface area contributed by atoms with Gasteiger partial charge in [0.15, 0.2) is 6.61 Å². The van der Waals surface area contributed by atoms with E-state index >= 15 is 0 Å². The van der Waals surface area contributed by atoms with Gasteiger partial charge in [-0.1, -0.05) is 55.5 Å². The summed E-state index contributed by atoms with van der Waals surface area (Å²) in [6.45, 7) is 1.81. The molecule has 0 aliphatic carbocycles. The molecule has 0 atom stereocenters. The number of aryl methyl sites for hydroxylation is 1. The van der Waals surface area contributed by atoms with Crippen LogP contribution in [-0.2, 0) is 28.7 Å². The minimum absolute atomic E-state index is 0.133. The smallest absolute Gasteiger partial charge is 0.341 e. The third-order valence-corrected chi connectivity index (χ3v) is 5.85. The zero-order valence-electron chi connectivity index (χ0n) is 18.9. The van der Waals surface area contributed by atoms with Crippen LogP contribution in [0.2, 0.25) is 0 Å². The van der Waals surface area contributed by atoms with Crippen molar-refractivity contribution in [3.05, 3.63) is 95.1 Å². The Morgan fingerprint density at radius 3 is 2.12 bits per heavy atom. The lowest BCUT2D eigenvalue weighted by molar-refractivity contribution is -0.139. The summed E-state index contributed by atoms with van der Waals surface area (Å²) in [6.07, 6.45) is 3.44. The molecule has 0 spiro atoms. The summed E-state index contributed by atoms with van der Waals surface area (Å²) >= 11 is 0. The van der Waals surface area contributed by atoms with Crippen LogP contribution in [0.25, 0.3) is 0 Å². The van der Waals surface area contributed by atoms with Gasteiger partial charge in [0, 0.05) is 17.2 Å². The molecule has 34 heavy (non-hydrogen) atoms. The Balaban J connectivity index is 1.68. The van der Waals surface area contributed by atoms with Crippen molar-refractivity contribution in [2.45, 2.75) is 32.7 Å². The van der Waals surface area contributed by atoms with Gasteiger partial charge in [-0.25, -0.2) is 13.2 Å². The number of anilines is 1. The van der Waals surface area contributed by atoms with Gasteiger partial charge in [-0.3, -0.25) is 4.31 Å². The van der Waals surface area contributed by atoms with E-state index in [1.165, 1.54) is 28.8 Å². The Morgan fingerprint density at radius 2 is 1.56 bits per heavy atom. The lowest BCUT2D eigenvalue weighted by atomic mass is 10.1. The topological polar surface area (TPSA) is 83.9 Å². The number of rotatable bonds is 10. The standard InChI is InChI=1S/C27H27NO5S/c1-2-3-5-21-8-10-22(11-9-21)12-13-23-14-16-24(17-15-23)19-28(34(31)32)25-6-4-7-26(18-25)33-20-27(29)30/h4,6-11,14-18,34H,2-3,5,19-20H2,1H3,(H,29,30). The minimum Gasteiger partial charge on any atom is -0.482 e. The highest BCUT2D eigenvalue weighted by atomic mass is 32.2. The molecule has 3 aromatic carbocycles. The molecule has 0 saturated heterocycles. The van der Waals surface area contributed by atoms with Crippen molar-refractivity contribution in [2.24, 2.45) is 0 Å². The monoisotopic (exact) mass is 477 g/mol. The fraction of sp³-hybridized carbons (Fsp3) is 0.222. The largest absolute Gasteiger partial charge is 0.482 e. The van der Waals surface area contributed by atoms with Gasteiger partial charge in [0.25, 0.3) is 0 Å². The summed E-state index contributed by atoms with van der Waals surface area (Å²) in [5.74, 6) is 5.48. The number of hydrogen-bond acceptors (Lipinski definition) is 4. The molecule has 0 aromatic heterocycles. The molecule has 0 radical (unpaired) electrons. The Kier molecular flexibility index (Phi) is 9.12. The van der Waals surface area contributed by atoms with Crippen molar-refractivity contribution in [3.63, 3.8) is 0 Å². The molecule has 0 aliphatic rings. The third kappa shape index (κ3) is 7.68. The zero-order chi connectivity index (χ0) is 24.3. The summed E-state index contributed by atoms with van der Waals surface area (Å²) in [4.78, 5) is 10.7. The number of nitrogens with zero attached hydrogens (tertiary/aromatic N) is 1. The number of carboxylic acids is 1. The van der Waals surface area contributed by atoms with E-state index in [0.717, 1.165) is 23.1 Å². The van der Waals surface area contributed by atoms with Crippen molar-refractivity contribution in [1.29, 1.82) is 0 Å². The number of aliphatic carboxylic acids is 1. The first-order valence-corrected chi connectivity index (χ1v) is 12.1. The molecule has 176 valence electrons. The van der Waals surface area contributed by atoms with Gasteiger partial charge in [-0.2, -0.15) is 0 Å². The average Bonchev–Trinajstić information content (AvgIpc) is 2.85. The van der Waals surface area contributed by atoms with E-state index in [2.05, 4.69) is 30.9 Å². The number of ether oxygens (including phenoxy) is 1. The molecule has 0 heterocycles. The van der Waals surface area contributed by atoms with Crippen LogP contribution in [0, 0.1) is 11.8 Å². The third-order valence-electron chi connectivity index (χ3n) is 5.09. The normalized spacial score (nSPS) is 10.4. The first kappa shape index (κ1) is 24.9. The molecule has 7 heteroatoms. The first-order chi connectivity index (χ1) is 16.4. The minimum atomic E-state index is -2.92. The van der Waals surface area contributed by atoms with Gasteiger partial charge in [-0.15, -0.1) is 0 Å². The lowest BCUT2D eigenvalue weighted by Crippen LogP contribution is -2.20. The summed E-state index contributed by atoms with van der Waals surface area (Å²) in [6, 6.07) is 22.0. The van der Waals surface area contributed by atoms with Crippen LogP contribution in [0.15, 0.2) is 72.8 Å². The number of carbonyl (C=O) groups is 1. The maximum Gasteiger partial charge on any atom is 0.341 e. The van der Waals surface area contributed by atoms with Gasteiger partial charge >= 0.3 is 5.97 Å². The fourth-order valence-corrected chi connectivity index (χ4v) is 3.86. The molecule has 0 unspecified atom stereocenters. The summed E-state index contributed by atoms with van der Waals surface area (Å²) < 4.78 is 30.2. The highest BCUT2D eigenvalue weighted by Crippen LogP contribution is 2.23. The number of unbranched alkanes of at least 4 members (excludes halogenated alkanes) is 1. The highest BCUT2D eigenvalue weighted by molar-refractivity contribution is 7.74. The van der Waals surface area contributed by atoms with Crippen molar-refractivity contribution >= 4 is 22.5 Å². The van der Waals surface area contributed by atoms with E-state index in [-0.39, 0.29) is 12.3 Å². The molecule has 0 aliphatic heterocycles. The second-order valence-corrected chi connectivity index (χ2v) is 8.68. The number of carboxylic acid groups (broad SMARTS) is 1. The average molecular weight is 478 g/mol. The molecular weight excluding hydrogens is 450 g/mol. The van der Waals surface area contributed by atoms with E-state index in [1.54, 1.807) is 18.2 Å². The predicted octanol–water partition coefficient (Wildman–Crippen LogP) is 4.43. The molecule has 3 rings (SSSR count). The van der Waals surface area contributed by atoms with Crippen LogP contribution in [0.3, 0.4) is 0 Å². The maximum absolute atomic E-state index is 11.9. The van der Waals surface area contributed by atoms with Crippen molar-refractivity contribution in [1.82, 2.24) is 0 Å². The summed E-state index contributed by atoms with van der Waals surface area (Å²) in [5.41, 5.74) is 4.29. The maximum atomic E-state index is 11.9. The van der Waals surface area contributed by atoms with Gasteiger partial charge in [0.1, 0.15) is 5.75 Å². The number of benzene rings is 3. The Morgan fingerprint density at radius 1 is 0.941 bits per heavy atom. The molecule has 3 aromatic rings. The van der Waals surface area contributed by atoms with Crippen LogP contribution in [0.4, 0.5) is 5.69 Å². The highest BCUT2D eigenvalue weighted by Gasteiger charge is 2.11. The summed E-state index contributed by atoms with van der Waals surface area (Å²) in [5, 5.41) is 8.76. The molecule has 6 nitrogen and oxygen atoms in total. The quantitative estimate of drug-likeness (QED) is 0.334. The second kappa shape index (κ2) is 12.5. The zero-order valence-corrected chi connectivity index (χ0v) is 19.8. The van der Waals surface area contributed by atoms with Crippen molar-refractivity contribution in [3.8, 4) is 17.6 Å². The second-order valence-electron chi connectivity index (χ2n) is 7.72. The fourth-order valence-electron chi connectivity index (χ4n) is 3.27. The van der Waals surface area contributed by atoms with E-state index in [4.69, 9.17) is 9.84 Å². The Hall–Kier alpha value is -3.76. The van der Waals surface area contributed by atoms with Gasteiger partial charge < -0.3 is 9.84 Å². The van der Waals surface area contributed by atoms with E-state index in [9.17, 15) is 13.2 Å². The van der Waals surface area contributed by atoms with Crippen molar-refractivity contribution < 1.29 is 23.1 Å².